The predicted octanol–water partition coefficient (Wildman–Crippen LogP) is 1.50. The molecule has 1 atom stereocenters. The molecule has 4 nitrogen and oxygen atoms in total. The van der Waals surface area contributed by atoms with E-state index in [9.17, 15) is 0 Å². The monoisotopic (exact) mass is 182 g/mol. The van der Waals surface area contributed by atoms with E-state index in [0.29, 0.717) is 12.0 Å². The second kappa shape index (κ2) is 4.97. The Labute approximate surface area is 79.1 Å². The average molecular weight is 182 g/mol. The Hall–Kier alpha value is -0.900. The van der Waals surface area contributed by atoms with Gasteiger partial charge in [0.15, 0.2) is 0 Å². The molecule has 74 valence electrons. The van der Waals surface area contributed by atoms with Crippen LogP contribution >= 0.6 is 0 Å². The molecule has 0 fully saturated rings. The molecule has 1 aromatic rings. The van der Waals surface area contributed by atoms with Crippen LogP contribution in [-0.2, 0) is 0 Å². The molecule has 0 aliphatic carbocycles. The molecule has 1 unspecified atom stereocenters. The van der Waals surface area contributed by atoms with Crippen LogP contribution in [0.15, 0.2) is 6.20 Å². The highest BCUT2D eigenvalue weighted by Gasteiger charge is 2.16. The average Bonchev–Trinajstić information content (AvgIpc) is 2.57. The number of nitrogens with zero attached hydrogens (tertiary/aromatic N) is 2. The number of nitrogens with one attached hydrogen (secondary N) is 2. The van der Waals surface area contributed by atoms with Gasteiger partial charge in [-0.2, -0.15) is 15.4 Å². The van der Waals surface area contributed by atoms with Gasteiger partial charge in [-0.05, 0) is 18.9 Å². The second-order valence-electron chi connectivity index (χ2n) is 3.57. The Morgan fingerprint density at radius 2 is 2.31 bits per heavy atom. The van der Waals surface area contributed by atoms with Gasteiger partial charge in [0.05, 0.1) is 17.9 Å². The fourth-order valence-corrected chi connectivity index (χ4v) is 1.34. The van der Waals surface area contributed by atoms with E-state index < -0.39 is 0 Å². The summed E-state index contributed by atoms with van der Waals surface area (Å²) < 4.78 is 0. The first-order valence-corrected chi connectivity index (χ1v) is 4.84. The zero-order valence-electron chi connectivity index (χ0n) is 8.54. The molecular formula is C9H18N4. The molecule has 4 heteroatoms. The van der Waals surface area contributed by atoms with Gasteiger partial charge >= 0.3 is 0 Å². The Bertz CT molecular complexity index is 218. The van der Waals surface area contributed by atoms with Crippen LogP contribution in [0, 0.1) is 5.92 Å². The third-order valence-corrected chi connectivity index (χ3v) is 2.03. The van der Waals surface area contributed by atoms with Crippen molar-refractivity contribution in [3.8, 4) is 0 Å². The molecule has 2 N–H and O–H groups in total. The molecule has 0 aromatic carbocycles. The minimum absolute atomic E-state index is 0.318. The Balaban J connectivity index is 2.58. The van der Waals surface area contributed by atoms with E-state index in [-0.39, 0.29) is 0 Å². The summed E-state index contributed by atoms with van der Waals surface area (Å²) in [5.74, 6) is 0.539. The van der Waals surface area contributed by atoms with Gasteiger partial charge in [-0.15, -0.1) is 0 Å². The van der Waals surface area contributed by atoms with Crippen LogP contribution in [0.2, 0.25) is 0 Å². The van der Waals surface area contributed by atoms with Crippen molar-refractivity contribution in [1.29, 1.82) is 0 Å². The topological polar surface area (TPSA) is 53.6 Å². The van der Waals surface area contributed by atoms with Crippen molar-refractivity contribution in [3.63, 3.8) is 0 Å². The van der Waals surface area contributed by atoms with Crippen LogP contribution < -0.4 is 5.32 Å². The quantitative estimate of drug-likeness (QED) is 0.725. The first-order valence-electron chi connectivity index (χ1n) is 4.84. The SMILES string of the molecule is CCCNC(c1cn[nH]n1)C(C)C. The number of rotatable bonds is 5. The number of aromatic nitrogens is 3. The van der Waals surface area contributed by atoms with E-state index >= 15 is 0 Å². The minimum atomic E-state index is 0.318. The Morgan fingerprint density at radius 1 is 1.54 bits per heavy atom. The number of hydrogen-bond acceptors (Lipinski definition) is 3. The van der Waals surface area contributed by atoms with Crippen molar-refractivity contribution in [3.05, 3.63) is 11.9 Å². The summed E-state index contributed by atoms with van der Waals surface area (Å²) in [6, 6.07) is 0.318. The molecule has 0 radical (unpaired) electrons. The van der Waals surface area contributed by atoms with Gasteiger partial charge in [0.1, 0.15) is 0 Å². The lowest BCUT2D eigenvalue weighted by atomic mass is 10.0. The summed E-state index contributed by atoms with van der Waals surface area (Å²) >= 11 is 0. The minimum Gasteiger partial charge on any atom is -0.308 e. The first-order chi connectivity index (χ1) is 6.25. The van der Waals surface area contributed by atoms with Crippen LogP contribution in [0.4, 0.5) is 0 Å². The largest absolute Gasteiger partial charge is 0.308 e. The third kappa shape index (κ3) is 2.81. The molecule has 0 saturated carbocycles. The van der Waals surface area contributed by atoms with E-state index in [1.54, 1.807) is 6.20 Å². The van der Waals surface area contributed by atoms with Crippen molar-refractivity contribution in [1.82, 2.24) is 20.7 Å². The molecule has 0 saturated heterocycles. The highest BCUT2D eigenvalue weighted by atomic mass is 15.3. The molecule has 0 spiro atoms. The van der Waals surface area contributed by atoms with Crippen molar-refractivity contribution in [2.75, 3.05) is 6.54 Å². The molecule has 0 aliphatic heterocycles. The molecule has 1 rings (SSSR count). The summed E-state index contributed by atoms with van der Waals surface area (Å²) in [6.07, 6.45) is 2.92. The van der Waals surface area contributed by atoms with Gasteiger partial charge in [-0.3, -0.25) is 0 Å². The summed E-state index contributed by atoms with van der Waals surface area (Å²) in [7, 11) is 0. The summed E-state index contributed by atoms with van der Waals surface area (Å²) in [5, 5.41) is 14.0. The number of H-pyrrole nitrogens is 1. The van der Waals surface area contributed by atoms with Crippen molar-refractivity contribution in [2.24, 2.45) is 5.92 Å². The van der Waals surface area contributed by atoms with E-state index in [1.165, 1.54) is 0 Å². The summed E-state index contributed by atoms with van der Waals surface area (Å²) in [5.41, 5.74) is 1.00. The molecule has 0 aliphatic rings. The van der Waals surface area contributed by atoms with Crippen LogP contribution in [-0.4, -0.2) is 22.0 Å². The van der Waals surface area contributed by atoms with E-state index in [2.05, 4.69) is 41.5 Å². The van der Waals surface area contributed by atoms with Crippen molar-refractivity contribution < 1.29 is 0 Å². The van der Waals surface area contributed by atoms with Gasteiger partial charge in [0.2, 0.25) is 0 Å². The normalized spacial score (nSPS) is 13.5. The first kappa shape index (κ1) is 10.2. The van der Waals surface area contributed by atoms with Crippen LogP contribution in [0.3, 0.4) is 0 Å². The lowest BCUT2D eigenvalue weighted by Gasteiger charge is -2.19. The standard InChI is InChI=1S/C9H18N4/c1-4-5-10-9(7(2)3)8-6-11-13-12-8/h6-7,9-10H,4-5H2,1-3H3,(H,11,12,13). The van der Waals surface area contributed by atoms with E-state index in [1.807, 2.05) is 0 Å². The molecule has 1 heterocycles. The van der Waals surface area contributed by atoms with Gasteiger partial charge in [-0.1, -0.05) is 20.8 Å². The van der Waals surface area contributed by atoms with Gasteiger partial charge in [0.25, 0.3) is 0 Å². The highest BCUT2D eigenvalue weighted by molar-refractivity contribution is 5.00. The Kier molecular flexibility index (Phi) is 3.89. The fourth-order valence-electron chi connectivity index (χ4n) is 1.34. The van der Waals surface area contributed by atoms with E-state index in [4.69, 9.17) is 0 Å². The molecular weight excluding hydrogens is 164 g/mol. The van der Waals surface area contributed by atoms with Gasteiger partial charge in [-0.25, -0.2) is 0 Å². The zero-order valence-corrected chi connectivity index (χ0v) is 8.54. The van der Waals surface area contributed by atoms with Gasteiger partial charge in [0, 0.05) is 0 Å². The summed E-state index contributed by atoms with van der Waals surface area (Å²) in [6.45, 7) is 7.55. The lowest BCUT2D eigenvalue weighted by molar-refractivity contribution is 0.404. The number of hydrogen-bond donors (Lipinski definition) is 2. The maximum Gasteiger partial charge on any atom is 0.0996 e. The van der Waals surface area contributed by atoms with Crippen LogP contribution in [0.5, 0.6) is 0 Å². The molecule has 0 bridgehead atoms. The van der Waals surface area contributed by atoms with E-state index in [0.717, 1.165) is 18.7 Å². The zero-order chi connectivity index (χ0) is 9.68. The Morgan fingerprint density at radius 3 is 2.77 bits per heavy atom. The van der Waals surface area contributed by atoms with Crippen LogP contribution in [0.1, 0.15) is 38.9 Å². The lowest BCUT2D eigenvalue weighted by Crippen LogP contribution is -2.26. The van der Waals surface area contributed by atoms with Crippen LogP contribution in [0.25, 0.3) is 0 Å². The predicted molar refractivity (Wildman–Crippen MR) is 52.3 cm³/mol. The maximum absolute atomic E-state index is 4.09. The van der Waals surface area contributed by atoms with Crippen molar-refractivity contribution in [2.45, 2.75) is 33.2 Å². The maximum atomic E-state index is 4.09. The second-order valence-corrected chi connectivity index (χ2v) is 3.57. The molecule has 13 heavy (non-hydrogen) atoms. The third-order valence-electron chi connectivity index (χ3n) is 2.03. The molecule has 1 aromatic heterocycles. The highest BCUT2D eigenvalue weighted by Crippen LogP contribution is 2.17. The van der Waals surface area contributed by atoms with Crippen molar-refractivity contribution >= 4 is 0 Å². The summed E-state index contributed by atoms with van der Waals surface area (Å²) in [4.78, 5) is 0. The van der Waals surface area contributed by atoms with Gasteiger partial charge < -0.3 is 5.32 Å². The number of aromatic amines is 1. The molecule has 0 amide bonds. The fraction of sp³-hybridized carbons (Fsp3) is 0.778. The smallest absolute Gasteiger partial charge is 0.0996 e.